The zero-order valence-corrected chi connectivity index (χ0v) is 12.9. The summed E-state index contributed by atoms with van der Waals surface area (Å²) in [4.78, 5) is 20.4. The van der Waals surface area contributed by atoms with Gasteiger partial charge in [0.1, 0.15) is 5.82 Å². The van der Waals surface area contributed by atoms with E-state index in [0.29, 0.717) is 0 Å². The number of aromatic amines is 1. The molecule has 3 N–H and O–H groups in total. The van der Waals surface area contributed by atoms with Gasteiger partial charge in [-0.1, -0.05) is 12.1 Å². The van der Waals surface area contributed by atoms with Gasteiger partial charge in [0.2, 0.25) is 5.91 Å². The van der Waals surface area contributed by atoms with Gasteiger partial charge in [0.15, 0.2) is 0 Å². The number of benzene rings is 1. The van der Waals surface area contributed by atoms with E-state index in [4.69, 9.17) is 0 Å². The summed E-state index contributed by atoms with van der Waals surface area (Å²) in [6.45, 7) is 4.08. The Morgan fingerprint density at radius 1 is 1.36 bits per heavy atom. The molecule has 2 atom stereocenters. The molecule has 116 valence electrons. The van der Waals surface area contributed by atoms with Gasteiger partial charge in [0.05, 0.1) is 17.1 Å². The number of fused-ring (bicyclic) bond motifs is 1. The summed E-state index contributed by atoms with van der Waals surface area (Å²) < 4.78 is 0. The zero-order valence-electron chi connectivity index (χ0n) is 12.9. The van der Waals surface area contributed by atoms with E-state index in [0.717, 1.165) is 49.2 Å². The van der Waals surface area contributed by atoms with E-state index < -0.39 is 0 Å². The Labute approximate surface area is 129 Å². The van der Waals surface area contributed by atoms with Crippen LogP contribution in [0.5, 0.6) is 0 Å². The first kappa shape index (κ1) is 13.8. The van der Waals surface area contributed by atoms with E-state index in [-0.39, 0.29) is 23.3 Å². The SMILES string of the molecule is CC(NC(=O)C1CC12CCNCC2)c1nc2ccccc2[nH]1. The van der Waals surface area contributed by atoms with Crippen LogP contribution in [0, 0.1) is 11.3 Å². The van der Waals surface area contributed by atoms with Crippen LogP contribution in [0.1, 0.15) is 38.1 Å². The van der Waals surface area contributed by atoms with Crippen LogP contribution in [0.3, 0.4) is 0 Å². The highest BCUT2D eigenvalue weighted by molar-refractivity contribution is 5.83. The molecule has 22 heavy (non-hydrogen) atoms. The van der Waals surface area contributed by atoms with Crippen LogP contribution in [-0.4, -0.2) is 29.0 Å². The molecule has 2 fully saturated rings. The number of rotatable bonds is 3. The van der Waals surface area contributed by atoms with E-state index in [1.807, 2.05) is 31.2 Å². The van der Waals surface area contributed by atoms with Crippen molar-refractivity contribution in [2.75, 3.05) is 13.1 Å². The van der Waals surface area contributed by atoms with Crippen LogP contribution < -0.4 is 10.6 Å². The van der Waals surface area contributed by atoms with E-state index >= 15 is 0 Å². The Balaban J connectivity index is 1.43. The molecule has 1 saturated heterocycles. The molecule has 1 saturated carbocycles. The van der Waals surface area contributed by atoms with Crippen LogP contribution >= 0.6 is 0 Å². The Bertz CT molecular complexity index is 669. The predicted molar refractivity (Wildman–Crippen MR) is 85.3 cm³/mol. The maximum atomic E-state index is 12.5. The van der Waals surface area contributed by atoms with E-state index in [9.17, 15) is 4.79 Å². The lowest BCUT2D eigenvalue weighted by Gasteiger charge is -2.23. The molecule has 0 radical (unpaired) electrons. The summed E-state index contributed by atoms with van der Waals surface area (Å²) in [6, 6.07) is 7.86. The van der Waals surface area contributed by atoms with Crippen molar-refractivity contribution in [3.63, 3.8) is 0 Å². The Kier molecular flexibility index (Phi) is 3.18. The number of carbonyl (C=O) groups excluding carboxylic acids is 1. The number of carbonyl (C=O) groups is 1. The highest BCUT2D eigenvalue weighted by Crippen LogP contribution is 2.58. The van der Waals surface area contributed by atoms with Crippen LogP contribution in [0.15, 0.2) is 24.3 Å². The van der Waals surface area contributed by atoms with Crippen molar-refractivity contribution in [2.45, 2.75) is 32.2 Å². The average molecular weight is 298 g/mol. The maximum absolute atomic E-state index is 12.5. The lowest BCUT2D eigenvalue weighted by Crippen LogP contribution is -2.34. The number of imidazole rings is 1. The quantitative estimate of drug-likeness (QED) is 0.813. The first-order valence-electron chi connectivity index (χ1n) is 8.14. The fourth-order valence-electron chi connectivity index (χ4n) is 3.76. The number of hydrogen-bond donors (Lipinski definition) is 3. The molecule has 1 aromatic carbocycles. The van der Waals surface area contributed by atoms with Crippen molar-refractivity contribution in [3.8, 4) is 0 Å². The Morgan fingerprint density at radius 2 is 2.14 bits per heavy atom. The number of nitrogens with zero attached hydrogens (tertiary/aromatic N) is 1. The van der Waals surface area contributed by atoms with Gasteiger partial charge in [-0.15, -0.1) is 0 Å². The number of piperidine rings is 1. The Hall–Kier alpha value is -1.88. The third-order valence-corrected chi connectivity index (χ3v) is 5.28. The summed E-state index contributed by atoms with van der Waals surface area (Å²) in [6.07, 6.45) is 3.31. The van der Waals surface area contributed by atoms with Gasteiger partial charge in [-0.3, -0.25) is 4.79 Å². The molecule has 2 heterocycles. The average Bonchev–Trinajstić information content (AvgIpc) is 3.05. The van der Waals surface area contributed by atoms with Gasteiger partial charge in [0, 0.05) is 5.92 Å². The van der Waals surface area contributed by atoms with E-state index in [1.54, 1.807) is 0 Å². The second-order valence-electron chi connectivity index (χ2n) is 6.74. The minimum absolute atomic E-state index is 0.0840. The third kappa shape index (κ3) is 2.29. The summed E-state index contributed by atoms with van der Waals surface area (Å²) in [5.74, 6) is 1.21. The molecule has 2 aromatic rings. The van der Waals surface area contributed by atoms with Crippen molar-refractivity contribution < 1.29 is 4.79 Å². The largest absolute Gasteiger partial charge is 0.346 e. The molecular weight excluding hydrogens is 276 g/mol. The topological polar surface area (TPSA) is 69.8 Å². The number of H-pyrrole nitrogens is 1. The van der Waals surface area contributed by atoms with Crippen LogP contribution in [0.2, 0.25) is 0 Å². The van der Waals surface area contributed by atoms with Crippen LogP contribution in [-0.2, 0) is 4.79 Å². The standard InChI is InChI=1S/C17H22N4O/c1-11(15-20-13-4-2-3-5-14(13)21-15)19-16(22)12-10-17(12)6-8-18-9-7-17/h2-5,11-12,18H,6-10H2,1H3,(H,19,22)(H,20,21). The molecule has 1 aliphatic carbocycles. The number of hydrogen-bond acceptors (Lipinski definition) is 3. The van der Waals surface area contributed by atoms with Gasteiger partial charge in [-0.05, 0) is 56.8 Å². The van der Waals surface area contributed by atoms with Crippen molar-refractivity contribution in [1.29, 1.82) is 0 Å². The van der Waals surface area contributed by atoms with Gasteiger partial charge in [-0.2, -0.15) is 0 Å². The molecule has 2 aliphatic rings. The molecule has 4 rings (SSSR count). The summed E-state index contributed by atoms with van der Waals surface area (Å²) in [5.41, 5.74) is 2.24. The van der Waals surface area contributed by atoms with Gasteiger partial charge in [0.25, 0.3) is 0 Å². The van der Waals surface area contributed by atoms with Crippen LogP contribution in [0.4, 0.5) is 0 Å². The minimum Gasteiger partial charge on any atom is -0.346 e. The van der Waals surface area contributed by atoms with Crippen molar-refractivity contribution in [2.24, 2.45) is 11.3 Å². The Morgan fingerprint density at radius 3 is 2.91 bits per heavy atom. The smallest absolute Gasteiger partial charge is 0.224 e. The fourth-order valence-corrected chi connectivity index (χ4v) is 3.76. The van der Waals surface area contributed by atoms with Crippen molar-refractivity contribution in [1.82, 2.24) is 20.6 Å². The van der Waals surface area contributed by atoms with Crippen LogP contribution in [0.25, 0.3) is 11.0 Å². The minimum atomic E-state index is -0.0840. The molecule has 1 aliphatic heterocycles. The first-order chi connectivity index (χ1) is 10.7. The lowest BCUT2D eigenvalue weighted by atomic mass is 9.91. The van der Waals surface area contributed by atoms with Crippen molar-refractivity contribution >= 4 is 16.9 Å². The molecule has 0 bridgehead atoms. The second kappa shape index (κ2) is 5.09. The van der Waals surface area contributed by atoms with Crippen molar-refractivity contribution in [3.05, 3.63) is 30.1 Å². The monoisotopic (exact) mass is 298 g/mol. The van der Waals surface area contributed by atoms with Gasteiger partial charge >= 0.3 is 0 Å². The highest BCUT2D eigenvalue weighted by Gasteiger charge is 2.57. The molecule has 1 spiro atoms. The molecule has 5 nitrogen and oxygen atoms in total. The fraction of sp³-hybridized carbons (Fsp3) is 0.529. The first-order valence-corrected chi connectivity index (χ1v) is 8.14. The summed E-state index contributed by atoms with van der Waals surface area (Å²) >= 11 is 0. The summed E-state index contributed by atoms with van der Waals surface area (Å²) in [7, 11) is 0. The number of amides is 1. The number of para-hydroxylation sites is 2. The number of aromatic nitrogens is 2. The van der Waals surface area contributed by atoms with Gasteiger partial charge in [-0.25, -0.2) is 4.98 Å². The lowest BCUT2D eigenvalue weighted by molar-refractivity contribution is -0.124. The summed E-state index contributed by atoms with van der Waals surface area (Å²) in [5, 5.41) is 6.51. The molecular formula is C17H22N4O. The van der Waals surface area contributed by atoms with E-state index in [2.05, 4.69) is 20.6 Å². The molecule has 2 unspecified atom stereocenters. The molecule has 1 aromatic heterocycles. The van der Waals surface area contributed by atoms with Gasteiger partial charge < -0.3 is 15.6 Å². The molecule has 1 amide bonds. The zero-order chi connectivity index (χ0) is 15.2. The normalized spacial score (nSPS) is 24.3. The maximum Gasteiger partial charge on any atom is 0.224 e. The number of nitrogens with one attached hydrogen (secondary N) is 3. The third-order valence-electron chi connectivity index (χ3n) is 5.28. The molecule has 5 heteroatoms. The van der Waals surface area contributed by atoms with E-state index in [1.165, 1.54) is 0 Å². The highest BCUT2D eigenvalue weighted by atomic mass is 16.2. The predicted octanol–water partition coefficient (Wildman–Crippen LogP) is 2.13. The second-order valence-corrected chi connectivity index (χ2v) is 6.74.